The average Bonchev–Trinajstić information content (AvgIpc) is 2.15. The third-order valence-corrected chi connectivity index (χ3v) is 2.82. The Hall–Kier alpha value is 0.714. The molecule has 7 heteroatoms. The van der Waals surface area contributed by atoms with E-state index in [4.69, 9.17) is 0 Å². The zero-order chi connectivity index (χ0) is 11.7. The summed E-state index contributed by atoms with van der Waals surface area (Å²) in [6.45, 7) is 5.84. The van der Waals surface area contributed by atoms with Crippen LogP contribution >= 0.6 is 24.4 Å². The molecule has 0 bridgehead atoms. The number of nitrogens with zero attached hydrogens (tertiary/aromatic N) is 2. The molecule has 0 aliphatic rings. The van der Waals surface area contributed by atoms with Crippen LogP contribution in [-0.2, 0) is 41.7 Å². The molecule has 0 saturated carbocycles. The van der Waals surface area contributed by atoms with Gasteiger partial charge < -0.3 is 59.5 Å². The second-order valence-electron chi connectivity index (χ2n) is 2.56. The number of rotatable bonds is 2. The minimum atomic E-state index is 0. The second-order valence-corrected chi connectivity index (χ2v) is 4.62. The van der Waals surface area contributed by atoms with Crippen molar-refractivity contribution in [1.82, 2.24) is 9.80 Å². The van der Waals surface area contributed by atoms with E-state index in [-0.39, 0.29) is 16.5 Å². The Labute approximate surface area is 125 Å². The summed E-state index contributed by atoms with van der Waals surface area (Å²) in [5.41, 5.74) is 0. The molecule has 0 heterocycles. The molecule has 15 heavy (non-hydrogen) atoms. The van der Waals surface area contributed by atoms with Crippen molar-refractivity contribution in [2.24, 2.45) is 0 Å². The molecule has 92 valence electrons. The van der Waals surface area contributed by atoms with Crippen LogP contribution in [0.2, 0.25) is 0 Å². The predicted molar refractivity (Wildman–Crippen MR) is 76.5 cm³/mol. The van der Waals surface area contributed by atoms with Crippen molar-refractivity contribution in [2.75, 3.05) is 27.2 Å². The van der Waals surface area contributed by atoms with Crippen LogP contribution in [0.5, 0.6) is 0 Å². The monoisotopic (exact) mass is 326 g/mol. The molecular weight excluding hydrogens is 311 g/mol. The van der Waals surface area contributed by atoms with E-state index in [0.29, 0.717) is 8.64 Å². The first-order chi connectivity index (χ1) is 6.36. The largest absolute Gasteiger partial charge is 2.00 e. The maximum absolute atomic E-state index is 4.66. The first-order valence-corrected chi connectivity index (χ1v) is 5.84. The number of hydrogen-bond acceptors (Lipinski definition) is 4. The van der Waals surface area contributed by atoms with Gasteiger partial charge in [-0.15, -0.1) is 0 Å². The molecule has 0 aliphatic carbocycles. The van der Waals surface area contributed by atoms with Gasteiger partial charge in [0.25, 0.3) is 0 Å². The molecule has 0 fully saturated rings. The summed E-state index contributed by atoms with van der Waals surface area (Å²) < 4.78 is 1.09. The van der Waals surface area contributed by atoms with Crippen molar-refractivity contribution >= 4 is 58.3 Å². The summed E-state index contributed by atoms with van der Waals surface area (Å²) in [6.07, 6.45) is 0. The normalized spacial score (nSPS) is 7.73. The molecule has 0 unspecified atom stereocenters. The van der Waals surface area contributed by atoms with Gasteiger partial charge in [0, 0.05) is 27.2 Å². The third kappa shape index (κ3) is 14.7. The van der Waals surface area contributed by atoms with Crippen LogP contribution in [0.3, 0.4) is 0 Å². The first-order valence-electron chi connectivity index (χ1n) is 4.20. The van der Waals surface area contributed by atoms with Crippen LogP contribution in [-0.4, -0.2) is 45.6 Å². The Bertz CT molecular complexity index is 169. The zero-order valence-electron chi connectivity index (χ0n) is 9.26. The van der Waals surface area contributed by atoms with Gasteiger partial charge in [0.2, 0.25) is 0 Å². The van der Waals surface area contributed by atoms with E-state index in [1.807, 2.05) is 37.7 Å². The Morgan fingerprint density at radius 1 is 0.933 bits per heavy atom. The van der Waals surface area contributed by atoms with Crippen LogP contribution in [0.1, 0.15) is 13.8 Å². The van der Waals surface area contributed by atoms with Crippen molar-refractivity contribution in [3.63, 3.8) is 0 Å². The number of thiocarbonyl (C=S) groups is 2. The predicted octanol–water partition coefficient (Wildman–Crippen LogP) is 1.54. The van der Waals surface area contributed by atoms with Gasteiger partial charge in [-0.1, -0.05) is 8.64 Å². The minimum absolute atomic E-state index is 0. The minimum Gasteiger partial charge on any atom is -0.411 e. The topological polar surface area (TPSA) is 6.48 Å². The van der Waals surface area contributed by atoms with Crippen LogP contribution in [0, 0.1) is 0 Å². The van der Waals surface area contributed by atoms with Gasteiger partial charge in [-0.05, 0) is 13.8 Å². The summed E-state index contributed by atoms with van der Waals surface area (Å²) in [4.78, 5) is 3.68. The molecule has 0 radical (unpaired) electrons. The molecule has 0 aromatic carbocycles. The molecular formula is C8H16N2NiS4. The summed E-state index contributed by atoms with van der Waals surface area (Å²) in [5.74, 6) is 0. The van der Waals surface area contributed by atoms with Crippen molar-refractivity contribution in [1.29, 1.82) is 0 Å². The van der Waals surface area contributed by atoms with E-state index in [1.54, 1.807) is 0 Å². The van der Waals surface area contributed by atoms with E-state index in [0.717, 1.165) is 13.1 Å². The van der Waals surface area contributed by atoms with E-state index in [9.17, 15) is 0 Å². The van der Waals surface area contributed by atoms with Crippen molar-refractivity contribution in [3.05, 3.63) is 0 Å². The summed E-state index contributed by atoms with van der Waals surface area (Å²) in [7, 11) is 3.77. The fourth-order valence-electron chi connectivity index (χ4n) is 0.258. The summed E-state index contributed by atoms with van der Waals surface area (Å²) >= 11 is 18.6. The first kappa shape index (κ1) is 21.0. The molecule has 0 spiro atoms. The summed E-state index contributed by atoms with van der Waals surface area (Å²) in [6, 6.07) is 0. The number of hydrogen-bond donors (Lipinski definition) is 0. The van der Waals surface area contributed by atoms with E-state index < -0.39 is 0 Å². The van der Waals surface area contributed by atoms with Crippen molar-refractivity contribution in [3.8, 4) is 0 Å². The molecule has 0 rings (SSSR count). The van der Waals surface area contributed by atoms with Gasteiger partial charge in [-0.3, -0.25) is 0 Å². The molecule has 0 amide bonds. The van der Waals surface area contributed by atoms with Gasteiger partial charge in [-0.25, -0.2) is 0 Å². The van der Waals surface area contributed by atoms with Crippen LogP contribution in [0.4, 0.5) is 0 Å². The van der Waals surface area contributed by atoms with Crippen LogP contribution < -0.4 is 0 Å². The van der Waals surface area contributed by atoms with Crippen LogP contribution in [0.15, 0.2) is 0 Å². The maximum atomic E-state index is 4.66. The van der Waals surface area contributed by atoms with E-state index >= 15 is 0 Å². The SMILES string of the molecule is CCN(C)C(=S)[S-].CCN(C)C(=S)[S-].[Ni+2]. The van der Waals surface area contributed by atoms with Gasteiger partial charge in [0.05, 0.1) is 0 Å². The Balaban J connectivity index is -0.000000180. The Kier molecular flexibility index (Phi) is 17.9. The fourth-order valence-corrected chi connectivity index (χ4v) is 0.775. The fraction of sp³-hybridized carbons (Fsp3) is 0.750. The quantitative estimate of drug-likeness (QED) is 0.428. The summed E-state index contributed by atoms with van der Waals surface area (Å²) in [5, 5.41) is 0. The molecule has 0 aromatic heterocycles. The van der Waals surface area contributed by atoms with Gasteiger partial charge in [0.1, 0.15) is 0 Å². The molecule has 0 aliphatic heterocycles. The molecule has 0 saturated heterocycles. The zero-order valence-corrected chi connectivity index (χ0v) is 13.5. The average molecular weight is 327 g/mol. The molecule has 2 nitrogen and oxygen atoms in total. The van der Waals surface area contributed by atoms with Crippen molar-refractivity contribution in [2.45, 2.75) is 13.8 Å². The van der Waals surface area contributed by atoms with Gasteiger partial charge in [0.15, 0.2) is 0 Å². The van der Waals surface area contributed by atoms with E-state index in [2.05, 4.69) is 49.7 Å². The van der Waals surface area contributed by atoms with Crippen molar-refractivity contribution < 1.29 is 16.5 Å². The Morgan fingerprint density at radius 3 is 1.13 bits per heavy atom. The standard InChI is InChI=1S/2C4H9NS2.Ni/c2*1-3-5(2)4(6)7;/h2*3H2,1-2H3,(H,6,7);/q;;+2/p-2. The van der Waals surface area contributed by atoms with Gasteiger partial charge in [-0.2, -0.15) is 0 Å². The van der Waals surface area contributed by atoms with Gasteiger partial charge >= 0.3 is 16.5 Å². The molecule has 0 aromatic rings. The Morgan fingerprint density at radius 2 is 1.13 bits per heavy atom. The second kappa shape index (κ2) is 12.8. The molecule has 0 N–H and O–H groups in total. The molecule has 0 atom stereocenters. The van der Waals surface area contributed by atoms with Crippen LogP contribution in [0.25, 0.3) is 0 Å². The third-order valence-electron chi connectivity index (χ3n) is 1.57. The van der Waals surface area contributed by atoms with E-state index in [1.165, 1.54) is 0 Å². The maximum Gasteiger partial charge on any atom is 2.00 e. The smallest absolute Gasteiger partial charge is 0.411 e.